The summed E-state index contributed by atoms with van der Waals surface area (Å²) in [6, 6.07) is 1.50. The number of halogens is 3. The highest BCUT2D eigenvalue weighted by Crippen LogP contribution is 2.33. The molecule has 1 fully saturated rings. The molecule has 1 saturated carbocycles. The second-order valence-electron chi connectivity index (χ2n) is 7.26. The third-order valence-corrected chi connectivity index (χ3v) is 5.02. The van der Waals surface area contributed by atoms with Crippen LogP contribution in [0.3, 0.4) is 0 Å². The number of aromatic nitrogens is 5. The van der Waals surface area contributed by atoms with Crippen LogP contribution < -0.4 is 10.6 Å². The van der Waals surface area contributed by atoms with Gasteiger partial charge in [-0.05, 0) is 18.9 Å². The number of anilines is 2. The first-order valence-corrected chi connectivity index (χ1v) is 9.43. The van der Waals surface area contributed by atoms with Crippen molar-refractivity contribution in [3.63, 3.8) is 0 Å². The fourth-order valence-corrected chi connectivity index (χ4v) is 3.56. The maximum absolute atomic E-state index is 13.1. The monoisotopic (exact) mass is 423 g/mol. The molecule has 1 amide bonds. The maximum atomic E-state index is 13.1. The molecule has 0 spiro atoms. The predicted octanol–water partition coefficient (Wildman–Crippen LogP) is 2.45. The second-order valence-corrected chi connectivity index (χ2v) is 7.26. The maximum Gasteiger partial charge on any atom is 0.437 e. The van der Waals surface area contributed by atoms with Crippen molar-refractivity contribution in [3.8, 4) is 0 Å². The molecule has 12 heteroatoms. The van der Waals surface area contributed by atoms with E-state index in [0.717, 1.165) is 30.1 Å². The van der Waals surface area contributed by atoms with Gasteiger partial charge in [-0.2, -0.15) is 23.4 Å². The lowest BCUT2D eigenvalue weighted by Gasteiger charge is -2.28. The zero-order valence-corrected chi connectivity index (χ0v) is 16.0. The summed E-state index contributed by atoms with van der Waals surface area (Å²) in [5.74, 6) is -0.341. The number of aryl methyl sites for hydroxylation is 1. The van der Waals surface area contributed by atoms with Crippen molar-refractivity contribution in [1.29, 1.82) is 0 Å². The molecule has 4 rings (SSSR count). The molecule has 0 aromatic carbocycles. The summed E-state index contributed by atoms with van der Waals surface area (Å²) >= 11 is 0. The second kappa shape index (κ2) is 7.59. The molecule has 2 atom stereocenters. The molecule has 3 aromatic heterocycles. The van der Waals surface area contributed by atoms with E-state index >= 15 is 0 Å². The highest BCUT2D eigenvalue weighted by atomic mass is 19.4. The van der Waals surface area contributed by atoms with Gasteiger partial charge in [-0.25, -0.2) is 9.50 Å². The van der Waals surface area contributed by atoms with Gasteiger partial charge in [-0.15, -0.1) is 0 Å². The summed E-state index contributed by atoms with van der Waals surface area (Å²) in [4.78, 5) is 17.0. The zero-order valence-electron chi connectivity index (χ0n) is 16.0. The van der Waals surface area contributed by atoms with Gasteiger partial charge in [-0.1, -0.05) is 12.8 Å². The Bertz CT molecular complexity index is 1080. The van der Waals surface area contributed by atoms with Crippen LogP contribution in [0.5, 0.6) is 0 Å². The topological polar surface area (TPSA) is 109 Å². The van der Waals surface area contributed by atoms with E-state index in [1.54, 1.807) is 12.3 Å². The van der Waals surface area contributed by atoms with Crippen LogP contribution in [0.15, 0.2) is 24.7 Å². The van der Waals surface area contributed by atoms with Crippen molar-refractivity contribution in [2.75, 3.05) is 10.6 Å². The van der Waals surface area contributed by atoms with Crippen LogP contribution in [-0.4, -0.2) is 47.5 Å². The highest BCUT2D eigenvalue weighted by molar-refractivity contribution is 6.08. The largest absolute Gasteiger partial charge is 0.437 e. The molecule has 160 valence electrons. The number of nitrogens with one attached hydrogen (secondary N) is 2. The van der Waals surface area contributed by atoms with Crippen molar-refractivity contribution >= 4 is 23.1 Å². The fraction of sp³-hybridized carbons (Fsp3) is 0.444. The lowest BCUT2D eigenvalue weighted by molar-refractivity contribution is -0.140. The molecule has 1 aliphatic carbocycles. The Morgan fingerprint density at radius 1 is 1.30 bits per heavy atom. The third-order valence-electron chi connectivity index (χ3n) is 5.02. The van der Waals surface area contributed by atoms with E-state index < -0.39 is 29.6 Å². The quantitative estimate of drug-likeness (QED) is 0.595. The molecule has 1 aliphatic rings. The van der Waals surface area contributed by atoms with Gasteiger partial charge >= 0.3 is 6.18 Å². The van der Waals surface area contributed by atoms with Crippen LogP contribution in [0.4, 0.5) is 24.7 Å². The van der Waals surface area contributed by atoms with Gasteiger partial charge in [0.1, 0.15) is 11.4 Å². The number of rotatable bonds is 4. The van der Waals surface area contributed by atoms with Crippen LogP contribution in [-0.2, 0) is 13.2 Å². The summed E-state index contributed by atoms with van der Waals surface area (Å²) < 4.78 is 41.7. The number of carbonyl (C=O) groups is 1. The standard InChI is InChI=1S/C18H20F3N7O2/c1-27-9-12(15(26-27)18(19,20)21)24-17(30)10-8-22-28-7-6-14(25-16(10)28)23-11-4-2-3-5-13(11)29/h6-9,11,13,29H,2-5H2,1H3,(H,23,25)(H,24,30)/t11-,13+/m0/s1. The molecular weight excluding hydrogens is 403 g/mol. The van der Waals surface area contributed by atoms with Crippen molar-refractivity contribution < 1.29 is 23.1 Å². The van der Waals surface area contributed by atoms with Crippen molar-refractivity contribution in [3.05, 3.63) is 35.9 Å². The van der Waals surface area contributed by atoms with Crippen molar-refractivity contribution in [2.24, 2.45) is 7.05 Å². The number of alkyl halides is 3. The number of amides is 1. The van der Waals surface area contributed by atoms with Gasteiger partial charge in [0, 0.05) is 19.4 Å². The Morgan fingerprint density at radius 3 is 2.80 bits per heavy atom. The van der Waals surface area contributed by atoms with Crippen LogP contribution >= 0.6 is 0 Å². The highest BCUT2D eigenvalue weighted by Gasteiger charge is 2.38. The zero-order chi connectivity index (χ0) is 21.5. The lowest BCUT2D eigenvalue weighted by atomic mass is 9.93. The Balaban J connectivity index is 1.59. The van der Waals surface area contributed by atoms with E-state index in [0.29, 0.717) is 12.2 Å². The number of fused-ring (bicyclic) bond motifs is 1. The van der Waals surface area contributed by atoms with Gasteiger partial charge in [0.25, 0.3) is 5.91 Å². The molecule has 0 aliphatic heterocycles. The third kappa shape index (κ3) is 3.95. The summed E-state index contributed by atoms with van der Waals surface area (Å²) in [6.07, 6.45) is 2.16. The summed E-state index contributed by atoms with van der Waals surface area (Å²) in [5, 5.41) is 22.9. The van der Waals surface area contributed by atoms with E-state index in [-0.39, 0.29) is 17.3 Å². The summed E-state index contributed by atoms with van der Waals surface area (Å²) in [6.45, 7) is 0. The van der Waals surface area contributed by atoms with Crippen LogP contribution in [0, 0.1) is 0 Å². The van der Waals surface area contributed by atoms with E-state index in [1.807, 2.05) is 0 Å². The Kier molecular flexibility index (Phi) is 5.10. The lowest BCUT2D eigenvalue weighted by Crippen LogP contribution is -2.36. The van der Waals surface area contributed by atoms with Crippen molar-refractivity contribution in [2.45, 2.75) is 44.0 Å². The molecular formula is C18H20F3N7O2. The first-order valence-electron chi connectivity index (χ1n) is 9.43. The van der Waals surface area contributed by atoms with E-state index in [9.17, 15) is 23.1 Å². The molecule has 3 aromatic rings. The average molecular weight is 423 g/mol. The SMILES string of the molecule is Cn1cc(NC(=O)c2cnn3ccc(N[C@H]4CCCC[C@H]4O)nc23)c(C(F)(F)F)n1. The molecule has 0 saturated heterocycles. The van der Waals surface area contributed by atoms with Gasteiger partial charge in [0.15, 0.2) is 11.3 Å². The number of carbonyl (C=O) groups excluding carboxylic acids is 1. The van der Waals surface area contributed by atoms with E-state index in [2.05, 4.69) is 25.8 Å². The van der Waals surface area contributed by atoms with E-state index in [1.165, 1.54) is 17.8 Å². The van der Waals surface area contributed by atoms with Crippen LogP contribution in [0.1, 0.15) is 41.7 Å². The Hall–Kier alpha value is -3.15. The van der Waals surface area contributed by atoms with Gasteiger partial charge in [0.05, 0.1) is 24.0 Å². The van der Waals surface area contributed by atoms with E-state index in [4.69, 9.17) is 0 Å². The smallest absolute Gasteiger partial charge is 0.391 e. The number of aliphatic hydroxyl groups excluding tert-OH is 1. The average Bonchev–Trinajstić information content (AvgIpc) is 3.26. The minimum absolute atomic E-state index is 0.0137. The number of nitrogens with zero attached hydrogens (tertiary/aromatic N) is 5. The molecule has 3 heterocycles. The molecule has 9 nitrogen and oxygen atoms in total. The Labute approximate surface area is 168 Å². The first kappa shape index (κ1) is 20.1. The molecule has 30 heavy (non-hydrogen) atoms. The van der Waals surface area contributed by atoms with Gasteiger partial charge in [0.2, 0.25) is 0 Å². The normalized spacial score (nSPS) is 19.8. The minimum atomic E-state index is -4.71. The van der Waals surface area contributed by atoms with Crippen molar-refractivity contribution in [1.82, 2.24) is 24.4 Å². The Morgan fingerprint density at radius 2 is 2.07 bits per heavy atom. The molecule has 0 bridgehead atoms. The molecule has 0 radical (unpaired) electrons. The number of hydrogen-bond acceptors (Lipinski definition) is 6. The molecule has 3 N–H and O–H groups in total. The predicted molar refractivity (Wildman–Crippen MR) is 101 cm³/mol. The van der Waals surface area contributed by atoms with Crippen LogP contribution in [0.2, 0.25) is 0 Å². The fourth-order valence-electron chi connectivity index (χ4n) is 3.56. The van der Waals surface area contributed by atoms with Gasteiger partial charge in [-0.3, -0.25) is 9.48 Å². The first-order chi connectivity index (χ1) is 14.2. The minimum Gasteiger partial charge on any atom is -0.391 e. The summed E-state index contributed by atoms with van der Waals surface area (Å²) in [5.41, 5.74) is -1.44. The summed E-state index contributed by atoms with van der Waals surface area (Å²) in [7, 11) is 1.33. The number of aliphatic hydroxyl groups is 1. The van der Waals surface area contributed by atoms with Gasteiger partial charge < -0.3 is 15.7 Å². The van der Waals surface area contributed by atoms with Crippen LogP contribution in [0.25, 0.3) is 5.65 Å². The molecule has 0 unspecified atom stereocenters. The number of hydrogen-bond donors (Lipinski definition) is 3.